The van der Waals surface area contributed by atoms with E-state index in [0.29, 0.717) is 43.7 Å². The van der Waals surface area contributed by atoms with E-state index in [-0.39, 0.29) is 100 Å². The average Bonchev–Trinajstić information content (AvgIpc) is 3.17. The largest absolute Gasteiger partial charge is 2.00 e. The Hall–Kier alpha value is -2.81. The number of hydrogen-bond donors (Lipinski definition) is 8. The van der Waals surface area contributed by atoms with E-state index in [1.165, 1.54) is 11.5 Å². The number of hydrogen-bond acceptors (Lipinski definition) is 16. The molecule has 0 saturated carbocycles. The molecule has 329 valence electrons. The van der Waals surface area contributed by atoms with E-state index in [0.717, 1.165) is 0 Å². The van der Waals surface area contributed by atoms with Gasteiger partial charge >= 0.3 is 17.1 Å². The number of carbonyl (C=O) groups excluding carboxylic acids is 4. The van der Waals surface area contributed by atoms with Crippen LogP contribution in [0.5, 0.6) is 0 Å². The predicted molar refractivity (Wildman–Crippen MR) is 206 cm³/mol. The smallest absolute Gasteiger partial charge is 0.636 e. The topological polar surface area (TPSA) is 255 Å². The fraction of sp³-hybridized carbons (Fsp3) is 0.718. The minimum absolute atomic E-state index is 0. The van der Waals surface area contributed by atoms with Crippen LogP contribution < -0.4 is 10.6 Å². The van der Waals surface area contributed by atoms with Gasteiger partial charge in [-0.25, -0.2) is 0 Å². The second kappa shape index (κ2) is 26.4. The van der Waals surface area contributed by atoms with Gasteiger partial charge in [-0.1, -0.05) is 33.0 Å². The zero-order valence-corrected chi connectivity index (χ0v) is 35.2. The van der Waals surface area contributed by atoms with E-state index in [9.17, 15) is 44.7 Å². The van der Waals surface area contributed by atoms with Gasteiger partial charge in [-0.2, -0.15) is 6.61 Å². The summed E-state index contributed by atoms with van der Waals surface area (Å²) in [6.45, 7) is 5.79. The van der Waals surface area contributed by atoms with Crippen LogP contribution in [0.3, 0.4) is 0 Å². The standard InChI is InChI=1S/C39H64N6O12.Mn/c1-25(23-46)37(53)26(2)34(50)22-44(4)36(52)11-9-33-39(55)57-31-20-43(3)16-15-40-32(8-10-35(51)41-14-12-29(48)18-30(49)24-47)38(54)56-17-13-27-6-5-7-28(42-27)19-45(33)21-31;/h5-7,17,25-26,29-30,32-34,37,40,46-50,53H,8-16,18-24H2,1-4H3,(H,41,51);/q-2;+2/t25-,26-,29-,30+,32?,33?,34+,37-;/m1./s1. The van der Waals surface area contributed by atoms with Crippen molar-refractivity contribution in [1.29, 1.82) is 0 Å². The zero-order chi connectivity index (χ0) is 42.1. The first kappa shape index (κ1) is 51.3. The van der Waals surface area contributed by atoms with Crippen LogP contribution in [0.25, 0.3) is 0 Å². The molecule has 3 unspecified atom stereocenters. The van der Waals surface area contributed by atoms with Gasteiger partial charge in [0.2, 0.25) is 11.8 Å². The van der Waals surface area contributed by atoms with Crippen molar-refractivity contribution >= 4 is 23.8 Å². The van der Waals surface area contributed by atoms with Crippen LogP contribution in [0.4, 0.5) is 0 Å². The van der Waals surface area contributed by atoms with Crippen molar-refractivity contribution in [2.24, 2.45) is 11.8 Å². The molecular weight excluding hydrogens is 799 g/mol. The van der Waals surface area contributed by atoms with Crippen LogP contribution in [-0.4, -0.2) is 177 Å². The summed E-state index contributed by atoms with van der Waals surface area (Å²) in [5.74, 6) is -2.69. The molecule has 1 fully saturated rings. The molecule has 0 aliphatic carbocycles. The van der Waals surface area contributed by atoms with Crippen molar-refractivity contribution in [1.82, 2.24) is 30.3 Å². The molecule has 0 aromatic carbocycles. The number of cyclic esters (lactones) is 1. The Balaban J connectivity index is 0.0000116. The third-order valence-corrected chi connectivity index (χ3v) is 10.4. The first-order chi connectivity index (χ1) is 27.1. The molecule has 1 aromatic rings. The summed E-state index contributed by atoms with van der Waals surface area (Å²) in [6.07, 6.45) is -2.71. The summed E-state index contributed by atoms with van der Waals surface area (Å²) in [6, 6.07) is 3.86. The maximum Gasteiger partial charge on any atom is 2.00 e. The van der Waals surface area contributed by atoms with Crippen LogP contribution in [0.2, 0.25) is 0 Å². The molecule has 4 bridgehead atoms. The van der Waals surface area contributed by atoms with E-state index in [4.69, 9.17) is 19.6 Å². The number of carbonyl (C=O) groups is 4. The average molecular weight is 864 g/mol. The number of morpholine rings is 1. The van der Waals surface area contributed by atoms with Crippen LogP contribution in [-0.2, 0) is 58.7 Å². The summed E-state index contributed by atoms with van der Waals surface area (Å²) in [7, 11) is 3.40. The molecule has 58 heavy (non-hydrogen) atoms. The Labute approximate surface area is 352 Å². The van der Waals surface area contributed by atoms with E-state index < -0.39 is 66.9 Å². The van der Waals surface area contributed by atoms with Gasteiger partial charge in [0.25, 0.3) is 11.9 Å². The number of fused-ring (bicyclic) bond motifs is 4. The Morgan fingerprint density at radius 2 is 1.78 bits per heavy atom. The number of rotatable bonds is 18. The van der Waals surface area contributed by atoms with Gasteiger partial charge in [-0.3, -0.25) is 24.2 Å². The fourth-order valence-corrected chi connectivity index (χ4v) is 6.72. The normalized spacial score (nSPS) is 23.1. The molecule has 1 aromatic heterocycles. The quantitative estimate of drug-likeness (QED) is 0.0456. The van der Waals surface area contributed by atoms with Crippen molar-refractivity contribution in [3.63, 3.8) is 0 Å². The molecular formula is C39H64MnN6O12. The molecule has 3 rings (SSSR count). The van der Waals surface area contributed by atoms with E-state index in [2.05, 4.69) is 10.6 Å². The van der Waals surface area contributed by atoms with Gasteiger partial charge in [-0.05, 0) is 38.4 Å². The van der Waals surface area contributed by atoms with E-state index in [1.54, 1.807) is 27.0 Å². The Morgan fingerprint density at radius 3 is 2.48 bits per heavy atom. The molecule has 8 N–H and O–H groups in total. The fourth-order valence-electron chi connectivity index (χ4n) is 6.72. The number of aliphatic hydroxyl groups is 6. The summed E-state index contributed by atoms with van der Waals surface area (Å²) in [5.41, 5.74) is 1.27. The van der Waals surface area contributed by atoms with Crippen LogP contribution in [0, 0.1) is 24.5 Å². The minimum atomic E-state index is -1.04. The van der Waals surface area contributed by atoms with Crippen LogP contribution in [0.1, 0.15) is 63.8 Å². The van der Waals surface area contributed by atoms with Gasteiger partial charge in [-0.15, -0.1) is 12.5 Å². The number of nitrogens with zero attached hydrogens (tertiary/aromatic N) is 4. The number of nitrogens with one attached hydrogen (secondary N) is 2. The van der Waals surface area contributed by atoms with E-state index >= 15 is 0 Å². The first-order valence-corrected chi connectivity index (χ1v) is 19.8. The number of likely N-dealkylation sites (N-methyl/N-ethyl adjacent to an activating group) is 2. The van der Waals surface area contributed by atoms with Crippen molar-refractivity contribution in [3.05, 3.63) is 42.3 Å². The SMILES string of the molecule is C[C@@H]([C@H](O)[C@H](C)CO)[C@@H](O)CN(C)C(=O)CCC1C(=O)O[C-]2CN(C)CCNC(CCC(=O)NCC[C@@H](O)C[C@H](O)CO)C(=O)O[CH-]Cc3cccc(n3)CN1C2.[Mn+2]. The molecule has 2 aliphatic heterocycles. The number of aliphatic hydroxyl groups excluding tert-OH is 6. The molecule has 1 saturated heterocycles. The predicted octanol–water partition coefficient (Wildman–Crippen LogP) is -1.89. The molecule has 1 radical (unpaired) electrons. The van der Waals surface area contributed by atoms with Crippen molar-refractivity contribution < 1.29 is 76.4 Å². The number of ether oxygens (including phenoxy) is 2. The second-order valence-corrected chi connectivity index (χ2v) is 15.3. The summed E-state index contributed by atoms with van der Waals surface area (Å²) < 4.78 is 11.3. The maximum absolute atomic E-state index is 13.5. The molecule has 2 aliphatic rings. The first-order valence-electron chi connectivity index (χ1n) is 19.8. The van der Waals surface area contributed by atoms with E-state index in [1.807, 2.05) is 29.0 Å². The van der Waals surface area contributed by atoms with Crippen molar-refractivity contribution in [3.8, 4) is 0 Å². The third-order valence-electron chi connectivity index (χ3n) is 10.4. The molecule has 0 spiro atoms. The van der Waals surface area contributed by atoms with Gasteiger partial charge < -0.3 is 65.4 Å². The van der Waals surface area contributed by atoms with Crippen molar-refractivity contribution in [2.45, 2.75) is 102 Å². The van der Waals surface area contributed by atoms with Gasteiger partial charge in [0, 0.05) is 83.2 Å². The second-order valence-electron chi connectivity index (χ2n) is 15.3. The summed E-state index contributed by atoms with van der Waals surface area (Å²) in [4.78, 5) is 62.4. The number of pyridine rings is 1. The van der Waals surface area contributed by atoms with Gasteiger partial charge in [0.05, 0.1) is 36.7 Å². The minimum Gasteiger partial charge on any atom is -0.636 e. The Bertz CT molecular complexity index is 1420. The van der Waals surface area contributed by atoms with Crippen LogP contribution >= 0.6 is 0 Å². The summed E-state index contributed by atoms with van der Waals surface area (Å²) >= 11 is 0. The van der Waals surface area contributed by atoms with Crippen molar-refractivity contribution in [2.75, 3.05) is 66.6 Å². The maximum atomic E-state index is 13.5. The number of esters is 2. The third kappa shape index (κ3) is 17.4. The molecule has 18 nitrogen and oxygen atoms in total. The van der Waals surface area contributed by atoms with Crippen LogP contribution in [0.15, 0.2) is 18.2 Å². The summed E-state index contributed by atoms with van der Waals surface area (Å²) in [5, 5.41) is 64.7. The molecule has 9 atom stereocenters. The number of amides is 2. The Morgan fingerprint density at radius 1 is 1.05 bits per heavy atom. The molecule has 19 heteroatoms. The number of aromatic nitrogens is 1. The monoisotopic (exact) mass is 863 g/mol. The van der Waals surface area contributed by atoms with Gasteiger partial charge in [0.1, 0.15) is 12.1 Å². The molecule has 3 heterocycles. The Kier molecular flexibility index (Phi) is 23.4. The molecule has 2 amide bonds. The zero-order valence-electron chi connectivity index (χ0n) is 34.0. The van der Waals surface area contributed by atoms with Gasteiger partial charge in [0.15, 0.2) is 0 Å².